The summed E-state index contributed by atoms with van der Waals surface area (Å²) in [4.78, 5) is 6.73. The first kappa shape index (κ1) is 13.0. The first-order valence-corrected chi connectivity index (χ1v) is 6.35. The maximum Gasteiger partial charge on any atom is 0.239 e. The number of nitrogens with two attached hydrogens (primary N) is 1. The molecule has 1 aromatic heterocycles. The highest BCUT2D eigenvalue weighted by molar-refractivity contribution is 5.55. The van der Waals surface area contributed by atoms with E-state index < -0.39 is 0 Å². The van der Waals surface area contributed by atoms with E-state index in [1.807, 2.05) is 26.0 Å². The Bertz CT molecular complexity index is 409. The molecule has 0 aliphatic carbocycles. The van der Waals surface area contributed by atoms with Crippen LogP contribution in [0.25, 0.3) is 0 Å². The van der Waals surface area contributed by atoms with Crippen LogP contribution in [0.5, 0.6) is 5.88 Å². The number of rotatable bonds is 3. The summed E-state index contributed by atoms with van der Waals surface area (Å²) in [6.07, 6.45) is 0.0668. The lowest BCUT2D eigenvalue weighted by molar-refractivity contribution is 0.0984. The number of morpholine rings is 1. The molecule has 1 saturated heterocycles. The Kier molecular flexibility index (Phi) is 3.91. The Balaban J connectivity index is 2.22. The quantitative estimate of drug-likeness (QED) is 0.885. The van der Waals surface area contributed by atoms with Gasteiger partial charge in [-0.1, -0.05) is 0 Å². The van der Waals surface area contributed by atoms with Crippen LogP contribution in [0.4, 0.5) is 11.5 Å². The third-order valence-corrected chi connectivity index (χ3v) is 2.88. The van der Waals surface area contributed by atoms with Crippen LogP contribution >= 0.6 is 0 Å². The average molecular weight is 251 g/mol. The van der Waals surface area contributed by atoms with Crippen molar-refractivity contribution in [3.8, 4) is 5.88 Å². The predicted molar refractivity (Wildman–Crippen MR) is 72.0 cm³/mol. The molecule has 1 fully saturated rings. The van der Waals surface area contributed by atoms with Gasteiger partial charge in [-0.2, -0.15) is 4.98 Å². The summed E-state index contributed by atoms with van der Waals surface area (Å²) in [5, 5.41) is 0. The summed E-state index contributed by atoms with van der Waals surface area (Å²) >= 11 is 0. The molecule has 5 nitrogen and oxygen atoms in total. The van der Waals surface area contributed by atoms with Gasteiger partial charge in [0.25, 0.3) is 0 Å². The lowest BCUT2D eigenvalue weighted by Gasteiger charge is -2.34. The summed E-state index contributed by atoms with van der Waals surface area (Å²) in [6, 6.07) is 4.11. The van der Waals surface area contributed by atoms with Crippen molar-refractivity contribution >= 4 is 11.5 Å². The Morgan fingerprint density at radius 3 is 2.94 bits per heavy atom. The van der Waals surface area contributed by atoms with Crippen molar-refractivity contribution < 1.29 is 9.47 Å². The number of hydrogen-bond acceptors (Lipinski definition) is 5. The minimum atomic E-state index is 0.0668. The number of ether oxygens (including phenoxy) is 2. The zero-order valence-corrected chi connectivity index (χ0v) is 11.2. The molecule has 18 heavy (non-hydrogen) atoms. The Labute approximate surface area is 108 Å². The maximum atomic E-state index is 5.87. The van der Waals surface area contributed by atoms with Crippen molar-refractivity contribution in [1.82, 2.24) is 4.98 Å². The number of anilines is 2. The van der Waals surface area contributed by atoms with Crippen LogP contribution in [0, 0.1) is 0 Å². The van der Waals surface area contributed by atoms with Crippen LogP contribution < -0.4 is 15.4 Å². The fraction of sp³-hybridized carbons (Fsp3) is 0.615. The van der Waals surface area contributed by atoms with Crippen LogP contribution in [0.1, 0.15) is 20.8 Å². The molecule has 1 atom stereocenters. The second-order valence-electron chi connectivity index (χ2n) is 4.85. The fourth-order valence-electron chi connectivity index (χ4n) is 1.99. The van der Waals surface area contributed by atoms with Gasteiger partial charge in [0.05, 0.1) is 31.0 Å². The molecule has 2 heterocycles. The van der Waals surface area contributed by atoms with Gasteiger partial charge in [-0.15, -0.1) is 0 Å². The molecule has 5 heteroatoms. The molecule has 0 saturated carbocycles. The zero-order chi connectivity index (χ0) is 13.1. The summed E-state index contributed by atoms with van der Waals surface area (Å²) < 4.78 is 11.0. The number of hydrogen-bond donors (Lipinski definition) is 1. The van der Waals surface area contributed by atoms with Gasteiger partial charge in [0, 0.05) is 6.54 Å². The van der Waals surface area contributed by atoms with Gasteiger partial charge < -0.3 is 20.1 Å². The fourth-order valence-corrected chi connectivity index (χ4v) is 1.99. The summed E-state index contributed by atoms with van der Waals surface area (Å²) in [7, 11) is 0. The lowest BCUT2D eigenvalue weighted by atomic mass is 10.2. The third-order valence-electron chi connectivity index (χ3n) is 2.88. The lowest BCUT2D eigenvalue weighted by Crippen LogP contribution is -2.44. The van der Waals surface area contributed by atoms with Gasteiger partial charge in [-0.25, -0.2) is 0 Å². The highest BCUT2D eigenvalue weighted by atomic mass is 16.5. The van der Waals surface area contributed by atoms with E-state index in [0.29, 0.717) is 17.6 Å². The second-order valence-corrected chi connectivity index (χ2v) is 4.85. The van der Waals surface area contributed by atoms with Crippen LogP contribution in [0.3, 0.4) is 0 Å². The topological polar surface area (TPSA) is 60.6 Å². The van der Waals surface area contributed by atoms with E-state index in [9.17, 15) is 0 Å². The van der Waals surface area contributed by atoms with E-state index >= 15 is 0 Å². The predicted octanol–water partition coefficient (Wildman–Crippen LogP) is 1.68. The number of nitrogens with zero attached hydrogens (tertiary/aromatic N) is 2. The van der Waals surface area contributed by atoms with Crippen LogP contribution in [0.2, 0.25) is 0 Å². The van der Waals surface area contributed by atoms with Crippen LogP contribution in [0.15, 0.2) is 12.1 Å². The molecule has 1 aromatic rings. The molecule has 2 rings (SSSR count). The van der Waals surface area contributed by atoms with Crippen molar-refractivity contribution in [2.24, 2.45) is 0 Å². The van der Waals surface area contributed by atoms with Crippen LogP contribution in [-0.4, -0.2) is 36.9 Å². The van der Waals surface area contributed by atoms with Crippen molar-refractivity contribution in [2.45, 2.75) is 32.9 Å². The normalized spacial score (nSPS) is 20.2. The molecule has 0 amide bonds. The van der Waals surface area contributed by atoms with E-state index in [-0.39, 0.29) is 6.10 Å². The van der Waals surface area contributed by atoms with Gasteiger partial charge >= 0.3 is 0 Å². The van der Waals surface area contributed by atoms with Gasteiger partial charge in [0.2, 0.25) is 5.88 Å². The molecule has 1 unspecified atom stereocenters. The minimum Gasteiger partial charge on any atom is -0.473 e. The molecule has 0 aromatic carbocycles. The molecule has 0 radical (unpaired) electrons. The largest absolute Gasteiger partial charge is 0.473 e. The average Bonchev–Trinajstić information content (AvgIpc) is 2.32. The Hall–Kier alpha value is -1.49. The van der Waals surface area contributed by atoms with Crippen molar-refractivity contribution in [3.63, 3.8) is 0 Å². The maximum absolute atomic E-state index is 5.87. The Morgan fingerprint density at radius 2 is 2.28 bits per heavy atom. The van der Waals surface area contributed by atoms with Gasteiger partial charge in [0.15, 0.2) is 0 Å². The number of aromatic nitrogens is 1. The number of nitrogen functional groups attached to an aromatic ring is 1. The molecule has 100 valence electrons. The third kappa shape index (κ3) is 2.85. The zero-order valence-electron chi connectivity index (χ0n) is 11.2. The van der Waals surface area contributed by atoms with E-state index in [4.69, 9.17) is 15.2 Å². The van der Waals surface area contributed by atoms with Gasteiger partial charge in [-0.05, 0) is 32.9 Å². The minimum absolute atomic E-state index is 0.0668. The van der Waals surface area contributed by atoms with Crippen LogP contribution in [-0.2, 0) is 4.74 Å². The standard InChI is InChI=1S/C13H21N3O2/c1-9(2)18-13-11(14)4-5-12(15-13)16-6-7-17-8-10(16)3/h4-5,9-10H,6-8,14H2,1-3H3. The van der Waals surface area contributed by atoms with Gasteiger partial charge in [0.1, 0.15) is 5.82 Å². The van der Waals surface area contributed by atoms with Crippen molar-refractivity contribution in [1.29, 1.82) is 0 Å². The highest BCUT2D eigenvalue weighted by Crippen LogP contribution is 2.25. The molecule has 1 aliphatic heterocycles. The van der Waals surface area contributed by atoms with E-state index in [1.54, 1.807) is 0 Å². The smallest absolute Gasteiger partial charge is 0.239 e. The summed E-state index contributed by atoms with van der Waals surface area (Å²) in [5.74, 6) is 1.41. The van der Waals surface area contributed by atoms with E-state index in [1.165, 1.54) is 0 Å². The molecule has 0 spiro atoms. The highest BCUT2D eigenvalue weighted by Gasteiger charge is 2.21. The summed E-state index contributed by atoms with van der Waals surface area (Å²) in [5.41, 5.74) is 6.45. The SMILES string of the molecule is CC(C)Oc1nc(N2CCOCC2C)ccc1N. The molecule has 1 aliphatic rings. The Morgan fingerprint density at radius 1 is 1.50 bits per heavy atom. The monoisotopic (exact) mass is 251 g/mol. The molecular formula is C13H21N3O2. The van der Waals surface area contributed by atoms with Crippen molar-refractivity contribution in [2.75, 3.05) is 30.4 Å². The second kappa shape index (κ2) is 5.44. The van der Waals surface area contributed by atoms with E-state index in [0.717, 1.165) is 25.6 Å². The molecule has 2 N–H and O–H groups in total. The molecular weight excluding hydrogens is 230 g/mol. The summed E-state index contributed by atoms with van der Waals surface area (Å²) in [6.45, 7) is 8.36. The first-order chi connectivity index (χ1) is 8.58. The number of pyridine rings is 1. The molecule has 0 bridgehead atoms. The van der Waals surface area contributed by atoms with Gasteiger partial charge in [-0.3, -0.25) is 0 Å². The van der Waals surface area contributed by atoms with E-state index in [2.05, 4.69) is 16.8 Å². The first-order valence-electron chi connectivity index (χ1n) is 6.35. The van der Waals surface area contributed by atoms with Crippen molar-refractivity contribution in [3.05, 3.63) is 12.1 Å².